The highest BCUT2D eigenvalue weighted by Gasteiger charge is 2.37. The molecule has 0 spiro atoms. The summed E-state index contributed by atoms with van der Waals surface area (Å²) in [4.78, 5) is 20.6. The summed E-state index contributed by atoms with van der Waals surface area (Å²) in [6, 6.07) is 41.8. The van der Waals surface area contributed by atoms with Gasteiger partial charge in [-0.1, -0.05) is 111 Å². The number of nitrogens with zero attached hydrogens (tertiary/aromatic N) is 4. The van der Waals surface area contributed by atoms with Crippen LogP contribution in [0.4, 0.5) is 5.69 Å². The second-order valence-corrected chi connectivity index (χ2v) is 13.5. The van der Waals surface area contributed by atoms with Crippen LogP contribution in [0, 0.1) is 0 Å². The molecular weight excluding hydrogens is 625 g/mol. The van der Waals surface area contributed by atoms with Crippen LogP contribution in [0.3, 0.4) is 0 Å². The van der Waals surface area contributed by atoms with Gasteiger partial charge in [-0.2, -0.15) is 0 Å². The summed E-state index contributed by atoms with van der Waals surface area (Å²) in [5.74, 6) is 0. The first kappa shape index (κ1) is 30.4. The van der Waals surface area contributed by atoms with E-state index >= 15 is 0 Å². The Morgan fingerprint density at radius 1 is 0.569 bits per heavy atom. The van der Waals surface area contributed by atoms with Crippen LogP contribution in [0.15, 0.2) is 140 Å². The van der Waals surface area contributed by atoms with Gasteiger partial charge in [-0.15, -0.1) is 0 Å². The highest BCUT2D eigenvalue weighted by molar-refractivity contribution is 6.04. The van der Waals surface area contributed by atoms with Crippen molar-refractivity contribution in [3.63, 3.8) is 0 Å². The zero-order valence-corrected chi connectivity index (χ0v) is 28.3. The third-order valence-corrected chi connectivity index (χ3v) is 10.1. The number of rotatable bonds is 5. The van der Waals surface area contributed by atoms with Crippen LogP contribution in [0.1, 0.15) is 30.5 Å². The second-order valence-electron chi connectivity index (χ2n) is 13.5. The number of anilines is 1. The molecule has 0 bridgehead atoms. The second kappa shape index (κ2) is 11.7. The zero-order valence-electron chi connectivity index (χ0n) is 28.3. The van der Waals surface area contributed by atoms with Crippen molar-refractivity contribution in [2.24, 2.45) is 5.73 Å². The van der Waals surface area contributed by atoms with Crippen molar-refractivity contribution in [1.82, 2.24) is 19.9 Å². The molecule has 9 rings (SSSR count). The maximum Gasteiger partial charge on any atom is 0.0979 e. The molecule has 0 atom stereocenters. The molecule has 3 heterocycles. The highest BCUT2D eigenvalue weighted by atomic mass is 14.8. The molecule has 0 amide bonds. The standard InChI is InChI=1S/C45H34N6/c1-45(2)35-13-7-6-11-33(35)40-34(12-8-14-36(40)45)44-42(31-17-19-37(47)29(23-31)21-22-46)49-26-39(51-44)32-24-30-16-15-28-18-20-38(27-9-4-3-5-10-27)50-43(28)41(30)48-25-32/h3-26H,46-47H2,1-2H3/b22-21-. The lowest BCUT2D eigenvalue weighted by atomic mass is 9.82. The lowest BCUT2D eigenvalue weighted by molar-refractivity contribution is 0.660. The normalized spacial score (nSPS) is 13.1. The lowest BCUT2D eigenvalue weighted by Gasteiger charge is -2.21. The molecular formula is C45H34N6. The fourth-order valence-corrected chi connectivity index (χ4v) is 7.54. The average molecular weight is 659 g/mol. The molecule has 5 aromatic carbocycles. The van der Waals surface area contributed by atoms with E-state index in [2.05, 4.69) is 98.8 Å². The number of fused-ring (bicyclic) bond motifs is 6. The summed E-state index contributed by atoms with van der Waals surface area (Å²) in [6.07, 6.45) is 7.03. The van der Waals surface area contributed by atoms with Gasteiger partial charge in [0.15, 0.2) is 0 Å². The zero-order chi connectivity index (χ0) is 34.7. The fraction of sp³-hybridized carbons (Fsp3) is 0.0667. The van der Waals surface area contributed by atoms with Crippen molar-refractivity contribution in [3.8, 4) is 56.2 Å². The molecule has 0 aliphatic heterocycles. The lowest BCUT2D eigenvalue weighted by Crippen LogP contribution is -2.14. The van der Waals surface area contributed by atoms with Crippen LogP contribution in [0.25, 0.3) is 84.0 Å². The predicted molar refractivity (Wildman–Crippen MR) is 210 cm³/mol. The summed E-state index contributed by atoms with van der Waals surface area (Å²) in [6.45, 7) is 4.58. The Morgan fingerprint density at radius 3 is 2.20 bits per heavy atom. The molecule has 8 aromatic rings. The van der Waals surface area contributed by atoms with Crippen LogP contribution in [-0.4, -0.2) is 19.9 Å². The van der Waals surface area contributed by atoms with Crippen molar-refractivity contribution in [1.29, 1.82) is 0 Å². The molecule has 1 aliphatic carbocycles. The molecule has 6 nitrogen and oxygen atoms in total. The Kier molecular flexibility index (Phi) is 7.00. The van der Waals surface area contributed by atoms with Gasteiger partial charge in [-0.05, 0) is 64.4 Å². The Morgan fingerprint density at radius 2 is 1.33 bits per heavy atom. The Hall–Kier alpha value is -6.66. The molecule has 0 unspecified atom stereocenters. The molecule has 0 saturated carbocycles. The predicted octanol–water partition coefficient (Wildman–Crippen LogP) is 10.1. The Labute approximate surface area is 296 Å². The van der Waals surface area contributed by atoms with Gasteiger partial charge < -0.3 is 11.5 Å². The third-order valence-electron chi connectivity index (χ3n) is 10.1. The maximum atomic E-state index is 6.32. The summed E-state index contributed by atoms with van der Waals surface area (Å²) in [7, 11) is 0. The van der Waals surface area contributed by atoms with Crippen molar-refractivity contribution < 1.29 is 0 Å². The molecule has 0 fully saturated rings. The van der Waals surface area contributed by atoms with E-state index in [1.54, 1.807) is 6.08 Å². The van der Waals surface area contributed by atoms with Crippen molar-refractivity contribution >= 4 is 33.6 Å². The van der Waals surface area contributed by atoms with Gasteiger partial charge in [-0.25, -0.2) is 9.97 Å². The third kappa shape index (κ3) is 4.95. The summed E-state index contributed by atoms with van der Waals surface area (Å²) in [5.41, 5.74) is 27.2. The van der Waals surface area contributed by atoms with E-state index in [0.29, 0.717) is 5.69 Å². The van der Waals surface area contributed by atoms with Crippen LogP contribution in [-0.2, 0) is 5.41 Å². The number of hydrogen-bond donors (Lipinski definition) is 2. The molecule has 244 valence electrons. The van der Waals surface area contributed by atoms with Crippen molar-refractivity contribution in [2.45, 2.75) is 19.3 Å². The molecule has 3 aromatic heterocycles. The first-order chi connectivity index (χ1) is 24.9. The number of aromatic nitrogens is 4. The average Bonchev–Trinajstić information content (AvgIpc) is 3.41. The van der Waals surface area contributed by atoms with Gasteiger partial charge in [0.2, 0.25) is 0 Å². The van der Waals surface area contributed by atoms with Crippen LogP contribution in [0.5, 0.6) is 0 Å². The molecule has 0 radical (unpaired) electrons. The van der Waals surface area contributed by atoms with Gasteiger partial charge in [0.05, 0.1) is 40.0 Å². The molecule has 4 N–H and O–H groups in total. The Balaban J connectivity index is 1.24. The van der Waals surface area contributed by atoms with Gasteiger partial charge in [0, 0.05) is 50.3 Å². The minimum absolute atomic E-state index is 0.160. The topological polar surface area (TPSA) is 104 Å². The minimum atomic E-state index is -0.160. The SMILES string of the molecule is CC1(C)c2ccccc2-c2c(-c3nc(-c4cnc5c(ccc6ccc(-c7ccccc7)nc65)c4)cnc3-c3ccc(N)c(/C=C\N)c3)cccc21. The smallest absolute Gasteiger partial charge is 0.0979 e. The summed E-state index contributed by atoms with van der Waals surface area (Å²) < 4.78 is 0. The van der Waals surface area contributed by atoms with Crippen LogP contribution in [0.2, 0.25) is 0 Å². The fourth-order valence-electron chi connectivity index (χ4n) is 7.54. The van der Waals surface area contributed by atoms with Gasteiger partial charge in [0.1, 0.15) is 0 Å². The monoisotopic (exact) mass is 658 g/mol. The number of hydrogen-bond acceptors (Lipinski definition) is 6. The number of nitrogen functional groups attached to an aromatic ring is 1. The van der Waals surface area contributed by atoms with Gasteiger partial charge in [0.25, 0.3) is 0 Å². The van der Waals surface area contributed by atoms with Crippen molar-refractivity contribution in [3.05, 3.63) is 157 Å². The van der Waals surface area contributed by atoms with E-state index in [9.17, 15) is 0 Å². The largest absolute Gasteiger partial charge is 0.405 e. The Bertz CT molecular complexity index is 2690. The van der Waals surface area contributed by atoms with Crippen LogP contribution < -0.4 is 11.5 Å². The van der Waals surface area contributed by atoms with E-state index in [1.807, 2.05) is 48.8 Å². The number of nitrogens with two attached hydrogens (primary N) is 2. The van der Waals surface area contributed by atoms with E-state index in [1.165, 1.54) is 28.5 Å². The van der Waals surface area contributed by atoms with E-state index in [-0.39, 0.29) is 5.41 Å². The molecule has 6 heteroatoms. The van der Waals surface area contributed by atoms with Crippen LogP contribution >= 0.6 is 0 Å². The highest BCUT2D eigenvalue weighted by Crippen LogP contribution is 2.52. The van der Waals surface area contributed by atoms with Crippen molar-refractivity contribution in [2.75, 3.05) is 5.73 Å². The number of benzene rings is 5. The molecule has 1 aliphatic rings. The molecule has 51 heavy (non-hydrogen) atoms. The quantitative estimate of drug-likeness (QED) is 0.141. The van der Waals surface area contributed by atoms with E-state index < -0.39 is 0 Å². The summed E-state index contributed by atoms with van der Waals surface area (Å²) >= 11 is 0. The first-order valence-corrected chi connectivity index (χ1v) is 17.0. The van der Waals surface area contributed by atoms with E-state index in [4.69, 9.17) is 31.4 Å². The van der Waals surface area contributed by atoms with E-state index in [0.717, 1.165) is 72.4 Å². The molecule has 0 saturated heterocycles. The maximum absolute atomic E-state index is 6.32. The number of pyridine rings is 2. The first-order valence-electron chi connectivity index (χ1n) is 17.0. The van der Waals surface area contributed by atoms with Gasteiger partial charge in [-0.3, -0.25) is 9.97 Å². The summed E-state index contributed by atoms with van der Waals surface area (Å²) in [5, 5.41) is 2.03. The van der Waals surface area contributed by atoms with Gasteiger partial charge >= 0.3 is 0 Å². The minimum Gasteiger partial charge on any atom is -0.405 e.